The number of rotatable bonds is 8. The van der Waals surface area contributed by atoms with Crippen LogP contribution in [0.1, 0.15) is 47.2 Å². The summed E-state index contributed by atoms with van der Waals surface area (Å²) in [7, 11) is 0. The molecule has 1 saturated heterocycles. The molecule has 0 unspecified atom stereocenters. The number of ether oxygens (including phenoxy) is 1. The molecule has 7 rings (SSSR count). The van der Waals surface area contributed by atoms with Crippen LogP contribution < -0.4 is 10.3 Å². The number of piperidine rings is 1. The van der Waals surface area contributed by atoms with E-state index in [0.717, 1.165) is 53.9 Å². The molecule has 0 saturated carbocycles. The summed E-state index contributed by atoms with van der Waals surface area (Å²) in [5.74, 6) is 1.85. The Labute approximate surface area is 251 Å². The average Bonchev–Trinajstić information content (AvgIpc) is 3.68. The minimum absolute atomic E-state index is 0.0332. The van der Waals surface area contributed by atoms with Crippen molar-refractivity contribution in [1.82, 2.24) is 29.4 Å². The van der Waals surface area contributed by atoms with Crippen molar-refractivity contribution in [2.24, 2.45) is 0 Å². The quantitative estimate of drug-likeness (QED) is 0.254. The van der Waals surface area contributed by atoms with Gasteiger partial charge in [0, 0.05) is 34.8 Å². The van der Waals surface area contributed by atoms with Crippen molar-refractivity contribution < 1.29 is 13.5 Å². The molecular formula is C33H28FN7O3. The van der Waals surface area contributed by atoms with Gasteiger partial charge in [-0.1, -0.05) is 12.1 Å². The molecule has 0 spiro atoms. The number of benzene rings is 2. The Morgan fingerprint density at radius 2 is 1.98 bits per heavy atom. The fourth-order valence-electron chi connectivity index (χ4n) is 5.84. The SMILES string of the molecule is N#Cc1ccc(COc2cccc(C3CCN(Cc4nc5cc6cc[nH]c(=O)c6cc5n4Cc4cnco4)CC3)n2)c(F)c1. The second kappa shape index (κ2) is 11.7. The Morgan fingerprint density at radius 3 is 2.77 bits per heavy atom. The second-order valence-corrected chi connectivity index (χ2v) is 11.0. The van der Waals surface area contributed by atoms with E-state index >= 15 is 0 Å². The molecule has 0 amide bonds. The highest BCUT2D eigenvalue weighted by Crippen LogP contribution is 2.30. The molecule has 0 atom stereocenters. The van der Waals surface area contributed by atoms with Gasteiger partial charge in [-0.3, -0.25) is 9.69 Å². The highest BCUT2D eigenvalue weighted by molar-refractivity contribution is 5.95. The number of oxazole rings is 1. The number of fused-ring (bicyclic) bond motifs is 2. The number of nitrogens with zero attached hydrogens (tertiary/aromatic N) is 6. The lowest BCUT2D eigenvalue weighted by Gasteiger charge is -2.31. The minimum atomic E-state index is -0.469. The van der Waals surface area contributed by atoms with Crippen LogP contribution in [0.25, 0.3) is 21.8 Å². The van der Waals surface area contributed by atoms with Crippen LogP contribution in [0.4, 0.5) is 4.39 Å². The van der Waals surface area contributed by atoms with Gasteiger partial charge in [0.1, 0.15) is 24.0 Å². The van der Waals surface area contributed by atoms with Gasteiger partial charge in [-0.15, -0.1) is 0 Å². The van der Waals surface area contributed by atoms with Gasteiger partial charge in [0.2, 0.25) is 5.88 Å². The molecule has 44 heavy (non-hydrogen) atoms. The van der Waals surface area contributed by atoms with Crippen LogP contribution in [-0.4, -0.2) is 42.5 Å². The number of imidazole rings is 1. The van der Waals surface area contributed by atoms with Gasteiger partial charge in [0.25, 0.3) is 5.56 Å². The third kappa shape index (κ3) is 5.55. The van der Waals surface area contributed by atoms with E-state index in [0.29, 0.717) is 35.7 Å². The zero-order chi connectivity index (χ0) is 30.0. The zero-order valence-electron chi connectivity index (χ0n) is 23.7. The number of halogens is 1. The van der Waals surface area contributed by atoms with Crippen LogP contribution in [-0.2, 0) is 19.7 Å². The molecule has 0 bridgehead atoms. The zero-order valence-corrected chi connectivity index (χ0v) is 23.7. The molecular weight excluding hydrogens is 561 g/mol. The molecule has 220 valence electrons. The molecule has 1 N–H and O–H groups in total. The number of hydrogen-bond acceptors (Lipinski definition) is 8. The van der Waals surface area contributed by atoms with Gasteiger partial charge in [-0.2, -0.15) is 5.26 Å². The van der Waals surface area contributed by atoms with Crippen LogP contribution >= 0.6 is 0 Å². The van der Waals surface area contributed by atoms with Gasteiger partial charge in [0.05, 0.1) is 42.0 Å². The number of hydrogen-bond donors (Lipinski definition) is 1. The summed E-state index contributed by atoms with van der Waals surface area (Å²) in [6.07, 6.45) is 6.60. The van der Waals surface area contributed by atoms with Crippen molar-refractivity contribution in [1.29, 1.82) is 5.26 Å². The summed E-state index contributed by atoms with van der Waals surface area (Å²) in [4.78, 5) is 31.4. The first kappa shape index (κ1) is 27.5. The molecule has 5 heterocycles. The van der Waals surface area contributed by atoms with E-state index in [9.17, 15) is 9.18 Å². The number of aromatic nitrogens is 5. The highest BCUT2D eigenvalue weighted by Gasteiger charge is 2.24. The predicted molar refractivity (Wildman–Crippen MR) is 160 cm³/mol. The molecule has 4 aromatic heterocycles. The van der Waals surface area contributed by atoms with Crippen LogP contribution in [0, 0.1) is 17.1 Å². The van der Waals surface area contributed by atoms with Gasteiger partial charge in [0.15, 0.2) is 6.39 Å². The monoisotopic (exact) mass is 589 g/mol. The van der Waals surface area contributed by atoms with E-state index in [2.05, 4.69) is 19.4 Å². The Balaban J connectivity index is 1.05. The lowest BCUT2D eigenvalue weighted by Crippen LogP contribution is -2.33. The molecule has 0 aliphatic carbocycles. The van der Waals surface area contributed by atoms with E-state index in [1.54, 1.807) is 30.6 Å². The number of aromatic amines is 1. The molecule has 2 aromatic carbocycles. The maximum Gasteiger partial charge on any atom is 0.255 e. The first-order valence-electron chi connectivity index (χ1n) is 14.4. The lowest BCUT2D eigenvalue weighted by molar-refractivity contribution is 0.196. The number of pyridine rings is 2. The largest absolute Gasteiger partial charge is 0.473 e. The van der Waals surface area contributed by atoms with Crippen LogP contribution in [0.3, 0.4) is 0 Å². The Bertz CT molecular complexity index is 2050. The van der Waals surface area contributed by atoms with E-state index in [-0.39, 0.29) is 23.6 Å². The smallest absolute Gasteiger partial charge is 0.255 e. The first-order chi connectivity index (χ1) is 21.5. The maximum atomic E-state index is 14.3. The molecule has 0 radical (unpaired) electrons. The second-order valence-electron chi connectivity index (χ2n) is 11.0. The number of nitriles is 1. The van der Waals surface area contributed by atoms with E-state index < -0.39 is 5.82 Å². The lowest BCUT2D eigenvalue weighted by atomic mass is 9.93. The Hall–Kier alpha value is -5.34. The minimum Gasteiger partial charge on any atom is -0.473 e. The molecule has 1 aliphatic heterocycles. The van der Waals surface area contributed by atoms with Crippen molar-refractivity contribution in [3.63, 3.8) is 0 Å². The molecule has 1 fully saturated rings. The van der Waals surface area contributed by atoms with Crippen molar-refractivity contribution in [2.45, 2.75) is 38.5 Å². The van der Waals surface area contributed by atoms with Crippen LogP contribution in [0.5, 0.6) is 5.88 Å². The summed E-state index contributed by atoms with van der Waals surface area (Å²) in [6, 6.07) is 17.7. The fourth-order valence-corrected chi connectivity index (χ4v) is 5.84. The summed E-state index contributed by atoms with van der Waals surface area (Å²) >= 11 is 0. The van der Waals surface area contributed by atoms with Gasteiger partial charge in [-0.25, -0.2) is 19.3 Å². The summed E-state index contributed by atoms with van der Waals surface area (Å²) < 4.78 is 27.7. The van der Waals surface area contributed by atoms with Crippen molar-refractivity contribution in [3.05, 3.63) is 118 Å². The predicted octanol–water partition coefficient (Wildman–Crippen LogP) is 5.28. The number of nitrogens with one attached hydrogen (secondary N) is 1. The third-order valence-corrected chi connectivity index (χ3v) is 8.19. The fraction of sp³-hybridized carbons (Fsp3) is 0.242. The summed E-state index contributed by atoms with van der Waals surface area (Å²) in [5, 5.41) is 10.4. The standard InChI is InChI=1S/C33H28FN7O3/c34-27-12-21(15-35)4-5-24(27)19-43-32-3-1-2-28(39-32)22-7-10-40(11-8-22)18-31-38-29-13-23-6-9-37-33(42)26(23)14-30(29)41(31)17-25-16-36-20-44-25/h1-6,9,12-14,16,20,22H,7-8,10-11,17-19H2,(H,37,42). The van der Waals surface area contributed by atoms with Crippen LogP contribution in [0.15, 0.2) is 82.6 Å². The molecule has 6 aromatic rings. The topological polar surface area (TPSA) is 126 Å². The van der Waals surface area contributed by atoms with Gasteiger partial charge in [-0.05, 0) is 67.7 Å². The number of H-pyrrole nitrogens is 1. The van der Waals surface area contributed by atoms with E-state index in [4.69, 9.17) is 24.4 Å². The molecule has 11 heteroatoms. The first-order valence-corrected chi connectivity index (χ1v) is 14.4. The maximum absolute atomic E-state index is 14.3. The van der Waals surface area contributed by atoms with E-state index in [1.807, 2.05) is 36.4 Å². The molecule has 1 aliphatic rings. The summed E-state index contributed by atoms with van der Waals surface area (Å²) in [6.45, 7) is 2.87. The number of likely N-dealkylation sites (tertiary alicyclic amines) is 1. The summed E-state index contributed by atoms with van der Waals surface area (Å²) in [5.41, 5.74) is 3.17. The van der Waals surface area contributed by atoms with Gasteiger partial charge >= 0.3 is 0 Å². The normalized spacial score (nSPS) is 14.3. The third-order valence-electron chi connectivity index (χ3n) is 8.19. The van der Waals surface area contributed by atoms with E-state index in [1.165, 1.54) is 12.5 Å². The van der Waals surface area contributed by atoms with Crippen molar-refractivity contribution >= 4 is 21.8 Å². The van der Waals surface area contributed by atoms with Crippen molar-refractivity contribution in [2.75, 3.05) is 13.1 Å². The Kier molecular flexibility index (Phi) is 7.33. The highest BCUT2D eigenvalue weighted by atomic mass is 19.1. The Morgan fingerprint density at radius 1 is 1.09 bits per heavy atom. The average molecular weight is 590 g/mol. The van der Waals surface area contributed by atoms with Crippen LogP contribution in [0.2, 0.25) is 0 Å². The molecule has 10 nitrogen and oxygen atoms in total. The van der Waals surface area contributed by atoms with Gasteiger partial charge < -0.3 is 18.7 Å². The van der Waals surface area contributed by atoms with Crippen molar-refractivity contribution in [3.8, 4) is 11.9 Å².